The quantitative estimate of drug-likeness (QED) is 0.663. The third-order valence-corrected chi connectivity index (χ3v) is 4.06. The highest BCUT2D eigenvalue weighted by molar-refractivity contribution is 5.80. The van der Waals surface area contributed by atoms with Crippen molar-refractivity contribution in [2.45, 2.75) is 32.6 Å². The summed E-state index contributed by atoms with van der Waals surface area (Å²) >= 11 is 0. The van der Waals surface area contributed by atoms with Gasteiger partial charge in [-0.25, -0.2) is 0 Å². The van der Waals surface area contributed by atoms with Crippen molar-refractivity contribution in [2.24, 2.45) is 0 Å². The Labute approximate surface area is 103 Å². The lowest BCUT2D eigenvalue weighted by Gasteiger charge is -2.21. The Hall–Kier alpha value is -1.56. The summed E-state index contributed by atoms with van der Waals surface area (Å²) in [6.07, 6.45) is 1.11. The summed E-state index contributed by atoms with van der Waals surface area (Å²) in [6.45, 7) is 6.88. The summed E-state index contributed by atoms with van der Waals surface area (Å²) in [4.78, 5) is 0. The van der Waals surface area contributed by atoms with Gasteiger partial charge in [-0.15, -0.1) is 0 Å². The van der Waals surface area contributed by atoms with E-state index in [0.717, 1.165) is 6.42 Å². The van der Waals surface area contributed by atoms with Crippen molar-refractivity contribution in [1.29, 1.82) is 0 Å². The van der Waals surface area contributed by atoms with Crippen LogP contribution in [0.5, 0.6) is 0 Å². The second-order valence-electron chi connectivity index (χ2n) is 5.40. The van der Waals surface area contributed by atoms with Crippen molar-refractivity contribution >= 4 is 0 Å². The van der Waals surface area contributed by atoms with Gasteiger partial charge in [0.05, 0.1) is 0 Å². The molecular weight excluding hydrogens is 204 g/mol. The van der Waals surface area contributed by atoms with E-state index in [1.54, 1.807) is 0 Å². The Bertz CT molecular complexity index is 576. The lowest BCUT2D eigenvalue weighted by atomic mass is 9.82. The smallest absolute Gasteiger partial charge is 0.0158 e. The minimum atomic E-state index is 0.150. The first-order chi connectivity index (χ1) is 8.14. The van der Waals surface area contributed by atoms with Crippen LogP contribution in [0.3, 0.4) is 0 Å². The van der Waals surface area contributed by atoms with Crippen LogP contribution >= 0.6 is 0 Å². The molecule has 0 nitrogen and oxygen atoms in total. The molecule has 0 saturated carbocycles. The van der Waals surface area contributed by atoms with Crippen molar-refractivity contribution < 1.29 is 0 Å². The molecule has 0 fully saturated rings. The van der Waals surface area contributed by atoms with E-state index >= 15 is 0 Å². The van der Waals surface area contributed by atoms with Crippen LogP contribution in [-0.2, 0) is 11.8 Å². The molecule has 0 heterocycles. The number of aryl methyl sites for hydroxylation is 1. The highest BCUT2D eigenvalue weighted by atomic mass is 14.4. The molecule has 1 aliphatic carbocycles. The van der Waals surface area contributed by atoms with E-state index in [0.29, 0.717) is 0 Å². The largest absolute Gasteiger partial charge is 0.0619 e. The van der Waals surface area contributed by atoms with Gasteiger partial charge in [-0.1, -0.05) is 63.2 Å². The zero-order valence-electron chi connectivity index (χ0n) is 10.7. The van der Waals surface area contributed by atoms with E-state index in [1.165, 1.54) is 27.8 Å². The molecule has 17 heavy (non-hydrogen) atoms. The van der Waals surface area contributed by atoms with Gasteiger partial charge in [0.25, 0.3) is 0 Å². The third-order valence-electron chi connectivity index (χ3n) is 4.06. The molecule has 0 saturated heterocycles. The van der Waals surface area contributed by atoms with Crippen molar-refractivity contribution in [2.75, 3.05) is 0 Å². The molecule has 0 N–H and O–H groups in total. The molecule has 0 amide bonds. The Morgan fingerprint density at radius 3 is 2.35 bits per heavy atom. The third kappa shape index (κ3) is 1.37. The van der Waals surface area contributed by atoms with E-state index < -0.39 is 0 Å². The van der Waals surface area contributed by atoms with Gasteiger partial charge in [0, 0.05) is 5.41 Å². The van der Waals surface area contributed by atoms with Gasteiger partial charge in [0.15, 0.2) is 0 Å². The monoisotopic (exact) mass is 222 g/mol. The molecule has 0 aliphatic heterocycles. The second-order valence-corrected chi connectivity index (χ2v) is 5.40. The van der Waals surface area contributed by atoms with Crippen LogP contribution in [0.15, 0.2) is 42.5 Å². The zero-order valence-corrected chi connectivity index (χ0v) is 10.7. The van der Waals surface area contributed by atoms with Gasteiger partial charge in [-0.3, -0.25) is 0 Å². The zero-order chi connectivity index (χ0) is 12.0. The topological polar surface area (TPSA) is 0 Å². The molecule has 0 unspecified atom stereocenters. The van der Waals surface area contributed by atoms with Gasteiger partial charge in [-0.2, -0.15) is 0 Å². The van der Waals surface area contributed by atoms with E-state index in [1.807, 2.05) is 0 Å². The second kappa shape index (κ2) is 3.46. The molecule has 86 valence electrons. The molecule has 0 spiro atoms. The molecular formula is C17H18. The normalized spacial score (nSPS) is 15.5. The molecule has 0 heteroatoms. The fourth-order valence-electron chi connectivity index (χ4n) is 2.97. The molecule has 2 aromatic carbocycles. The van der Waals surface area contributed by atoms with Gasteiger partial charge in [0.2, 0.25) is 0 Å². The highest BCUT2D eigenvalue weighted by Gasteiger charge is 2.34. The lowest BCUT2D eigenvalue weighted by Crippen LogP contribution is -2.15. The summed E-state index contributed by atoms with van der Waals surface area (Å²) in [6, 6.07) is 15.7. The Balaban J connectivity index is 2.32. The average Bonchev–Trinajstić information content (AvgIpc) is 2.59. The van der Waals surface area contributed by atoms with Crippen LogP contribution in [0.25, 0.3) is 11.1 Å². The van der Waals surface area contributed by atoms with Crippen molar-refractivity contribution in [3.63, 3.8) is 0 Å². The average molecular weight is 222 g/mol. The maximum Gasteiger partial charge on any atom is 0.0158 e. The van der Waals surface area contributed by atoms with E-state index in [4.69, 9.17) is 0 Å². The first kappa shape index (κ1) is 10.6. The number of benzene rings is 2. The molecule has 0 aromatic heterocycles. The molecule has 2 aromatic rings. The van der Waals surface area contributed by atoms with Crippen molar-refractivity contribution in [1.82, 2.24) is 0 Å². The molecule has 0 radical (unpaired) electrons. The van der Waals surface area contributed by atoms with Gasteiger partial charge in [0.1, 0.15) is 0 Å². The summed E-state index contributed by atoms with van der Waals surface area (Å²) in [7, 11) is 0. The Morgan fingerprint density at radius 2 is 1.59 bits per heavy atom. The van der Waals surface area contributed by atoms with Gasteiger partial charge < -0.3 is 0 Å². The van der Waals surface area contributed by atoms with E-state index in [2.05, 4.69) is 63.2 Å². The maximum absolute atomic E-state index is 2.38. The molecule has 0 atom stereocenters. The summed E-state index contributed by atoms with van der Waals surface area (Å²) in [5, 5.41) is 0. The van der Waals surface area contributed by atoms with Crippen molar-refractivity contribution in [3.8, 4) is 11.1 Å². The SMILES string of the molecule is CCc1ccc2c(c1)C(C)(C)c1ccccc1-2. The number of rotatable bonds is 1. The minimum Gasteiger partial charge on any atom is -0.0619 e. The first-order valence-electron chi connectivity index (χ1n) is 6.38. The van der Waals surface area contributed by atoms with E-state index in [-0.39, 0.29) is 5.41 Å². The van der Waals surface area contributed by atoms with Crippen LogP contribution < -0.4 is 0 Å². The summed E-state index contributed by atoms with van der Waals surface area (Å²) in [5.41, 5.74) is 7.36. The summed E-state index contributed by atoms with van der Waals surface area (Å²) < 4.78 is 0. The number of hydrogen-bond donors (Lipinski definition) is 0. The van der Waals surface area contributed by atoms with Crippen LogP contribution in [0, 0.1) is 0 Å². The summed E-state index contributed by atoms with van der Waals surface area (Å²) in [5.74, 6) is 0. The predicted octanol–water partition coefficient (Wildman–Crippen LogP) is 4.56. The Kier molecular flexibility index (Phi) is 2.16. The molecule has 3 rings (SSSR count). The fourth-order valence-corrected chi connectivity index (χ4v) is 2.97. The van der Waals surface area contributed by atoms with E-state index in [9.17, 15) is 0 Å². The predicted molar refractivity (Wildman–Crippen MR) is 73.4 cm³/mol. The van der Waals surface area contributed by atoms with Crippen LogP contribution in [0.4, 0.5) is 0 Å². The number of hydrogen-bond acceptors (Lipinski definition) is 0. The standard InChI is InChI=1S/C17H18/c1-4-12-9-10-14-13-7-5-6-8-15(13)17(2,3)16(14)11-12/h5-11H,4H2,1-3H3. The van der Waals surface area contributed by atoms with Gasteiger partial charge in [-0.05, 0) is 34.2 Å². The molecule has 1 aliphatic rings. The van der Waals surface area contributed by atoms with Crippen LogP contribution in [-0.4, -0.2) is 0 Å². The molecule has 0 bridgehead atoms. The van der Waals surface area contributed by atoms with Gasteiger partial charge >= 0.3 is 0 Å². The van der Waals surface area contributed by atoms with Crippen LogP contribution in [0.1, 0.15) is 37.5 Å². The highest BCUT2D eigenvalue weighted by Crippen LogP contribution is 2.48. The number of fused-ring (bicyclic) bond motifs is 3. The first-order valence-corrected chi connectivity index (χ1v) is 6.38. The minimum absolute atomic E-state index is 0.150. The van der Waals surface area contributed by atoms with Crippen LogP contribution in [0.2, 0.25) is 0 Å². The Morgan fingerprint density at radius 1 is 0.882 bits per heavy atom. The lowest BCUT2D eigenvalue weighted by molar-refractivity contribution is 0.659. The fraction of sp³-hybridized carbons (Fsp3) is 0.294. The van der Waals surface area contributed by atoms with Crippen molar-refractivity contribution in [3.05, 3.63) is 59.2 Å². The maximum atomic E-state index is 2.38.